The lowest BCUT2D eigenvalue weighted by Crippen LogP contribution is -2.26. The molecule has 1 saturated heterocycles. The summed E-state index contributed by atoms with van der Waals surface area (Å²) in [7, 11) is 0. The lowest BCUT2D eigenvalue weighted by molar-refractivity contribution is 0.136. The summed E-state index contributed by atoms with van der Waals surface area (Å²) >= 11 is 1.60. The van der Waals surface area contributed by atoms with Gasteiger partial charge in [-0.3, -0.25) is 4.57 Å². The summed E-state index contributed by atoms with van der Waals surface area (Å²) in [6.45, 7) is 2.50. The van der Waals surface area contributed by atoms with Crippen molar-refractivity contribution < 1.29 is 4.74 Å². The van der Waals surface area contributed by atoms with E-state index in [2.05, 4.69) is 4.98 Å². The van der Waals surface area contributed by atoms with Crippen molar-refractivity contribution in [3.63, 3.8) is 0 Å². The van der Waals surface area contributed by atoms with Gasteiger partial charge < -0.3 is 10.5 Å². The molecule has 0 radical (unpaired) electrons. The zero-order valence-electron chi connectivity index (χ0n) is 7.71. The SMILES string of the molecule is CC1OC[C@H](n2ccc(N)nc2=O)S1. The van der Waals surface area contributed by atoms with Gasteiger partial charge in [0.2, 0.25) is 0 Å². The molecule has 0 amide bonds. The van der Waals surface area contributed by atoms with E-state index in [4.69, 9.17) is 10.5 Å². The minimum atomic E-state index is -0.319. The fraction of sp³-hybridized carbons (Fsp3) is 0.500. The summed E-state index contributed by atoms with van der Waals surface area (Å²) in [5.41, 5.74) is 5.20. The molecule has 0 saturated carbocycles. The average Bonchev–Trinajstić information content (AvgIpc) is 2.51. The van der Waals surface area contributed by atoms with Crippen LogP contribution >= 0.6 is 11.8 Å². The van der Waals surface area contributed by atoms with Crippen molar-refractivity contribution in [2.75, 3.05) is 12.3 Å². The van der Waals surface area contributed by atoms with Gasteiger partial charge in [-0.25, -0.2) is 4.79 Å². The Bertz CT molecular complexity index is 392. The number of hydrogen-bond acceptors (Lipinski definition) is 5. The highest BCUT2D eigenvalue weighted by atomic mass is 32.2. The molecule has 14 heavy (non-hydrogen) atoms. The van der Waals surface area contributed by atoms with Crippen molar-refractivity contribution in [3.8, 4) is 0 Å². The highest BCUT2D eigenvalue weighted by Crippen LogP contribution is 2.33. The van der Waals surface area contributed by atoms with Crippen molar-refractivity contribution in [2.45, 2.75) is 17.7 Å². The Kier molecular flexibility index (Phi) is 2.47. The molecule has 2 atom stereocenters. The summed E-state index contributed by atoms with van der Waals surface area (Å²) in [4.78, 5) is 15.1. The van der Waals surface area contributed by atoms with Crippen molar-refractivity contribution in [1.29, 1.82) is 0 Å². The van der Waals surface area contributed by atoms with E-state index in [1.165, 1.54) is 0 Å². The number of nitrogens with zero attached hydrogens (tertiary/aromatic N) is 2. The summed E-state index contributed by atoms with van der Waals surface area (Å²) in [6, 6.07) is 1.62. The Labute approximate surface area is 85.3 Å². The second-order valence-corrected chi connectivity index (χ2v) is 4.51. The molecule has 1 aliphatic heterocycles. The molecule has 0 spiro atoms. The van der Waals surface area contributed by atoms with Crippen LogP contribution in [0, 0.1) is 0 Å². The fourth-order valence-corrected chi connectivity index (χ4v) is 2.36. The lowest BCUT2D eigenvalue weighted by atomic mass is 10.5. The van der Waals surface area contributed by atoms with Gasteiger partial charge in [0.05, 0.1) is 6.61 Å². The maximum atomic E-state index is 11.4. The smallest absolute Gasteiger partial charge is 0.350 e. The van der Waals surface area contributed by atoms with E-state index in [9.17, 15) is 4.79 Å². The monoisotopic (exact) mass is 213 g/mol. The Morgan fingerprint density at radius 3 is 3.14 bits per heavy atom. The highest BCUT2D eigenvalue weighted by molar-refractivity contribution is 8.00. The number of thioether (sulfide) groups is 1. The van der Waals surface area contributed by atoms with Crippen LogP contribution in [0.2, 0.25) is 0 Å². The third-order valence-corrected chi connectivity index (χ3v) is 3.18. The third-order valence-electron chi connectivity index (χ3n) is 1.98. The third kappa shape index (κ3) is 1.76. The standard InChI is InChI=1S/C8H11N3O2S/c1-5-13-4-7(14-5)11-3-2-6(9)10-8(11)12/h2-3,5,7H,4H2,1H3,(H2,9,10,12)/t5?,7-/m1/s1. The number of hydrogen-bond donors (Lipinski definition) is 1. The van der Waals surface area contributed by atoms with Crippen molar-refractivity contribution in [3.05, 3.63) is 22.7 Å². The molecule has 1 aliphatic rings. The van der Waals surface area contributed by atoms with Crippen LogP contribution in [0.15, 0.2) is 17.1 Å². The van der Waals surface area contributed by atoms with Gasteiger partial charge in [-0.1, -0.05) is 0 Å². The van der Waals surface area contributed by atoms with Gasteiger partial charge in [0.1, 0.15) is 16.6 Å². The summed E-state index contributed by atoms with van der Waals surface area (Å²) in [5, 5.41) is 0.0191. The number of aromatic nitrogens is 2. The first-order valence-electron chi connectivity index (χ1n) is 4.28. The Balaban J connectivity index is 2.29. The molecule has 6 heteroatoms. The molecule has 1 aromatic heterocycles. The van der Waals surface area contributed by atoms with E-state index in [1.807, 2.05) is 6.92 Å². The average molecular weight is 213 g/mol. The fourth-order valence-electron chi connectivity index (χ4n) is 1.31. The Morgan fingerprint density at radius 2 is 2.57 bits per heavy atom. The molecular weight excluding hydrogens is 202 g/mol. The Morgan fingerprint density at radius 1 is 1.79 bits per heavy atom. The summed E-state index contributed by atoms with van der Waals surface area (Å²) in [6.07, 6.45) is 1.66. The maximum Gasteiger partial charge on any atom is 0.350 e. The van der Waals surface area contributed by atoms with Gasteiger partial charge in [0.25, 0.3) is 0 Å². The quantitative estimate of drug-likeness (QED) is 0.732. The number of rotatable bonds is 1. The minimum absolute atomic E-state index is 0.0191. The van der Waals surface area contributed by atoms with Crippen LogP contribution in [0.5, 0.6) is 0 Å². The number of anilines is 1. The molecule has 2 rings (SSSR count). The minimum Gasteiger partial charge on any atom is -0.383 e. The van der Waals surface area contributed by atoms with Gasteiger partial charge in [-0.2, -0.15) is 4.98 Å². The molecule has 5 nitrogen and oxygen atoms in total. The zero-order valence-corrected chi connectivity index (χ0v) is 8.53. The summed E-state index contributed by atoms with van der Waals surface area (Å²) < 4.78 is 6.90. The lowest BCUT2D eigenvalue weighted by Gasteiger charge is -2.09. The van der Waals surface area contributed by atoms with Gasteiger partial charge >= 0.3 is 5.69 Å². The molecule has 0 bridgehead atoms. The second-order valence-electron chi connectivity index (χ2n) is 3.03. The van der Waals surface area contributed by atoms with Gasteiger partial charge in [-0.15, -0.1) is 11.8 Å². The van der Waals surface area contributed by atoms with Crippen LogP contribution in [0.25, 0.3) is 0 Å². The van der Waals surface area contributed by atoms with Crippen LogP contribution in [0.1, 0.15) is 12.3 Å². The molecule has 0 aliphatic carbocycles. The van der Waals surface area contributed by atoms with Crippen LogP contribution in [-0.4, -0.2) is 21.6 Å². The molecule has 2 N–H and O–H groups in total. The Hall–Kier alpha value is -1.01. The normalized spacial score (nSPS) is 26.6. The molecule has 1 unspecified atom stereocenters. The van der Waals surface area contributed by atoms with E-state index in [0.29, 0.717) is 6.61 Å². The molecule has 1 fully saturated rings. The van der Waals surface area contributed by atoms with Crippen LogP contribution < -0.4 is 11.4 Å². The van der Waals surface area contributed by atoms with E-state index in [1.54, 1.807) is 28.6 Å². The van der Waals surface area contributed by atoms with E-state index in [0.717, 1.165) is 0 Å². The van der Waals surface area contributed by atoms with Crippen molar-refractivity contribution >= 4 is 17.6 Å². The first-order valence-corrected chi connectivity index (χ1v) is 5.23. The van der Waals surface area contributed by atoms with Gasteiger partial charge in [0, 0.05) is 6.20 Å². The maximum absolute atomic E-state index is 11.4. The molecule has 76 valence electrons. The molecule has 1 aromatic rings. The molecule has 0 aromatic carbocycles. The first kappa shape index (κ1) is 9.54. The predicted molar refractivity (Wildman–Crippen MR) is 55.0 cm³/mol. The van der Waals surface area contributed by atoms with E-state index in [-0.39, 0.29) is 22.3 Å². The second kappa shape index (κ2) is 3.62. The van der Waals surface area contributed by atoms with Gasteiger partial charge in [-0.05, 0) is 13.0 Å². The predicted octanol–water partition coefficient (Wildman–Crippen LogP) is 0.434. The molecular formula is C8H11N3O2S. The zero-order chi connectivity index (χ0) is 10.1. The molecule has 2 heterocycles. The first-order chi connectivity index (χ1) is 6.66. The van der Waals surface area contributed by atoms with Crippen LogP contribution in [-0.2, 0) is 4.74 Å². The van der Waals surface area contributed by atoms with E-state index < -0.39 is 0 Å². The summed E-state index contributed by atoms with van der Waals surface area (Å²) in [5.74, 6) is 0.253. The topological polar surface area (TPSA) is 70.1 Å². The van der Waals surface area contributed by atoms with Crippen LogP contribution in [0.3, 0.4) is 0 Å². The number of nitrogens with two attached hydrogens (primary N) is 1. The van der Waals surface area contributed by atoms with Gasteiger partial charge in [0.15, 0.2) is 0 Å². The van der Waals surface area contributed by atoms with Crippen molar-refractivity contribution in [2.24, 2.45) is 0 Å². The number of ether oxygens (including phenoxy) is 1. The van der Waals surface area contributed by atoms with E-state index >= 15 is 0 Å². The highest BCUT2D eigenvalue weighted by Gasteiger charge is 2.24. The number of nitrogen functional groups attached to an aromatic ring is 1. The van der Waals surface area contributed by atoms with Crippen molar-refractivity contribution in [1.82, 2.24) is 9.55 Å². The largest absolute Gasteiger partial charge is 0.383 e. The van der Waals surface area contributed by atoms with Crippen LogP contribution in [0.4, 0.5) is 5.82 Å².